The van der Waals surface area contributed by atoms with Gasteiger partial charge in [0.2, 0.25) is 0 Å². The number of fused-ring (bicyclic) bond motifs is 1. The van der Waals surface area contributed by atoms with Crippen molar-refractivity contribution in [1.29, 1.82) is 5.26 Å². The summed E-state index contributed by atoms with van der Waals surface area (Å²) in [5.41, 5.74) is 3.27. The zero-order valence-corrected chi connectivity index (χ0v) is 12.9. The van der Waals surface area contributed by atoms with Crippen molar-refractivity contribution >= 4 is 5.65 Å². The molecule has 1 aromatic carbocycles. The van der Waals surface area contributed by atoms with Crippen molar-refractivity contribution in [2.24, 2.45) is 0 Å². The van der Waals surface area contributed by atoms with Crippen LogP contribution in [0.2, 0.25) is 0 Å². The Bertz CT molecular complexity index is 976. The minimum Gasteiger partial charge on any atom is -0.392 e. The highest BCUT2D eigenvalue weighted by Crippen LogP contribution is 2.26. The van der Waals surface area contributed by atoms with Gasteiger partial charge in [-0.05, 0) is 23.1 Å². The molecule has 6 nitrogen and oxygen atoms in total. The number of aromatic amines is 1. The fourth-order valence-corrected chi connectivity index (χ4v) is 2.70. The average Bonchev–Trinajstić information content (AvgIpc) is 2.97. The molecule has 0 unspecified atom stereocenters. The zero-order valence-electron chi connectivity index (χ0n) is 12.9. The molecular formula is C17H16N4O2. The quantitative estimate of drug-likeness (QED) is 0.775. The molecule has 0 bridgehead atoms. The van der Waals surface area contributed by atoms with Gasteiger partial charge in [0.15, 0.2) is 5.65 Å². The van der Waals surface area contributed by atoms with E-state index in [0.29, 0.717) is 22.5 Å². The second-order valence-corrected chi connectivity index (χ2v) is 5.66. The summed E-state index contributed by atoms with van der Waals surface area (Å²) in [5, 5.41) is 22.5. The molecule has 6 heteroatoms. The van der Waals surface area contributed by atoms with Crippen molar-refractivity contribution in [1.82, 2.24) is 14.6 Å². The number of hydrogen-bond donors (Lipinski definition) is 2. The van der Waals surface area contributed by atoms with Gasteiger partial charge in [0.25, 0.3) is 5.56 Å². The molecule has 2 aromatic heterocycles. The first-order chi connectivity index (χ1) is 11.1. The number of aliphatic hydroxyl groups excluding tert-OH is 1. The van der Waals surface area contributed by atoms with Gasteiger partial charge in [-0.3, -0.25) is 4.79 Å². The normalized spacial score (nSPS) is 11.1. The first-order valence-electron chi connectivity index (χ1n) is 7.31. The van der Waals surface area contributed by atoms with E-state index in [1.807, 2.05) is 44.2 Å². The van der Waals surface area contributed by atoms with E-state index in [-0.39, 0.29) is 18.1 Å². The molecule has 0 fully saturated rings. The highest BCUT2D eigenvalue weighted by molar-refractivity contribution is 5.68. The third-order valence-corrected chi connectivity index (χ3v) is 3.80. The minimum absolute atomic E-state index is 0.0225. The molecule has 0 aliphatic heterocycles. The van der Waals surface area contributed by atoms with Crippen molar-refractivity contribution in [3.05, 3.63) is 57.5 Å². The van der Waals surface area contributed by atoms with Gasteiger partial charge < -0.3 is 10.1 Å². The van der Waals surface area contributed by atoms with Crippen LogP contribution in [-0.2, 0) is 6.61 Å². The molecule has 0 saturated heterocycles. The van der Waals surface area contributed by atoms with E-state index in [1.165, 1.54) is 10.7 Å². The SMILES string of the molecule is CC(C)c1c(-c2cccc(CO)c2)[nH]c2c(C#N)cnn2c1=O. The lowest BCUT2D eigenvalue weighted by atomic mass is 9.97. The number of aromatic nitrogens is 3. The highest BCUT2D eigenvalue weighted by atomic mass is 16.3. The molecule has 2 heterocycles. The summed E-state index contributed by atoms with van der Waals surface area (Å²) in [6, 6.07) is 9.38. The minimum atomic E-state index is -0.236. The molecular weight excluding hydrogens is 292 g/mol. The standard InChI is InChI=1S/C17H16N4O2/c1-10(2)14-15(12-5-3-4-11(6-12)9-22)20-16-13(7-18)8-19-21(16)17(14)23/h3-6,8,10,20,22H,9H2,1-2H3. The van der Waals surface area contributed by atoms with Gasteiger partial charge in [0.05, 0.1) is 18.5 Å². The molecule has 116 valence electrons. The molecule has 0 atom stereocenters. The van der Waals surface area contributed by atoms with Crippen molar-refractivity contribution in [3.8, 4) is 17.3 Å². The van der Waals surface area contributed by atoms with Crippen LogP contribution in [-0.4, -0.2) is 19.7 Å². The monoisotopic (exact) mass is 308 g/mol. The predicted octanol–water partition coefficient (Wildman–Crippen LogP) is 2.18. The van der Waals surface area contributed by atoms with Crippen LogP contribution in [0, 0.1) is 11.3 Å². The largest absolute Gasteiger partial charge is 0.392 e. The Morgan fingerprint density at radius 3 is 2.87 bits per heavy atom. The fraction of sp³-hybridized carbons (Fsp3) is 0.235. The van der Waals surface area contributed by atoms with Gasteiger partial charge in [0.1, 0.15) is 11.6 Å². The number of benzene rings is 1. The number of nitriles is 1. The van der Waals surface area contributed by atoms with E-state index >= 15 is 0 Å². The summed E-state index contributed by atoms with van der Waals surface area (Å²) in [5.74, 6) is -0.0225. The highest BCUT2D eigenvalue weighted by Gasteiger charge is 2.19. The van der Waals surface area contributed by atoms with Gasteiger partial charge in [-0.15, -0.1) is 0 Å². The number of aliphatic hydroxyl groups is 1. The first kappa shape index (κ1) is 15.0. The topological polar surface area (TPSA) is 94.2 Å². The lowest BCUT2D eigenvalue weighted by Crippen LogP contribution is -2.22. The summed E-state index contributed by atoms with van der Waals surface area (Å²) < 4.78 is 1.23. The lowest BCUT2D eigenvalue weighted by molar-refractivity contribution is 0.282. The molecule has 3 rings (SSSR count). The van der Waals surface area contributed by atoms with Crippen LogP contribution in [0.25, 0.3) is 16.9 Å². The van der Waals surface area contributed by atoms with Crippen LogP contribution in [0.3, 0.4) is 0 Å². The summed E-state index contributed by atoms with van der Waals surface area (Å²) in [4.78, 5) is 16.0. The van der Waals surface area contributed by atoms with E-state index in [2.05, 4.69) is 10.1 Å². The Hall–Kier alpha value is -2.91. The lowest BCUT2D eigenvalue weighted by Gasteiger charge is -2.13. The van der Waals surface area contributed by atoms with Gasteiger partial charge in [-0.25, -0.2) is 0 Å². The number of rotatable bonds is 3. The zero-order chi connectivity index (χ0) is 16.6. The molecule has 0 amide bonds. The third kappa shape index (κ3) is 2.41. The van der Waals surface area contributed by atoms with E-state index in [0.717, 1.165) is 11.1 Å². The van der Waals surface area contributed by atoms with Crippen LogP contribution in [0.4, 0.5) is 0 Å². The second kappa shape index (κ2) is 5.71. The first-order valence-corrected chi connectivity index (χ1v) is 7.31. The molecule has 0 spiro atoms. The van der Waals surface area contributed by atoms with Crippen LogP contribution in [0.5, 0.6) is 0 Å². The summed E-state index contributed by atoms with van der Waals surface area (Å²) >= 11 is 0. The smallest absolute Gasteiger partial charge is 0.278 e. The number of hydrogen-bond acceptors (Lipinski definition) is 4. The molecule has 0 radical (unpaired) electrons. The number of nitrogens with one attached hydrogen (secondary N) is 1. The van der Waals surface area contributed by atoms with Gasteiger partial charge in [-0.2, -0.15) is 14.9 Å². The summed E-state index contributed by atoms with van der Waals surface area (Å²) in [6.07, 6.45) is 1.38. The Balaban J connectivity index is 2.40. The third-order valence-electron chi connectivity index (χ3n) is 3.80. The predicted molar refractivity (Wildman–Crippen MR) is 86.0 cm³/mol. The van der Waals surface area contributed by atoms with Crippen LogP contribution < -0.4 is 5.56 Å². The Morgan fingerprint density at radius 2 is 2.22 bits per heavy atom. The average molecular weight is 308 g/mol. The maximum Gasteiger partial charge on any atom is 0.278 e. The van der Waals surface area contributed by atoms with Crippen LogP contribution in [0.15, 0.2) is 35.3 Å². The molecule has 23 heavy (non-hydrogen) atoms. The molecule has 0 aliphatic rings. The van der Waals surface area contributed by atoms with Crippen molar-refractivity contribution in [2.75, 3.05) is 0 Å². The maximum atomic E-state index is 12.8. The van der Waals surface area contributed by atoms with Gasteiger partial charge in [-0.1, -0.05) is 32.0 Å². The van der Waals surface area contributed by atoms with E-state index < -0.39 is 0 Å². The Morgan fingerprint density at radius 1 is 1.43 bits per heavy atom. The summed E-state index contributed by atoms with van der Waals surface area (Å²) in [6.45, 7) is 3.79. The van der Waals surface area contributed by atoms with Crippen molar-refractivity contribution in [3.63, 3.8) is 0 Å². The number of nitrogens with zero attached hydrogens (tertiary/aromatic N) is 3. The van der Waals surface area contributed by atoms with Gasteiger partial charge >= 0.3 is 0 Å². The van der Waals surface area contributed by atoms with Crippen LogP contribution >= 0.6 is 0 Å². The van der Waals surface area contributed by atoms with Crippen LogP contribution in [0.1, 0.15) is 36.5 Å². The van der Waals surface area contributed by atoms with E-state index in [4.69, 9.17) is 0 Å². The Kier molecular flexibility index (Phi) is 3.72. The van der Waals surface area contributed by atoms with Crippen molar-refractivity contribution < 1.29 is 5.11 Å². The number of H-pyrrole nitrogens is 1. The second-order valence-electron chi connectivity index (χ2n) is 5.66. The maximum absolute atomic E-state index is 12.8. The molecule has 0 aliphatic carbocycles. The Labute approximate surface area is 132 Å². The molecule has 3 aromatic rings. The van der Waals surface area contributed by atoms with Crippen molar-refractivity contribution in [2.45, 2.75) is 26.4 Å². The molecule has 2 N–H and O–H groups in total. The summed E-state index contributed by atoms with van der Waals surface area (Å²) in [7, 11) is 0. The fourth-order valence-electron chi connectivity index (χ4n) is 2.70. The van der Waals surface area contributed by atoms with E-state index in [9.17, 15) is 15.2 Å². The van der Waals surface area contributed by atoms with Gasteiger partial charge in [0, 0.05) is 5.56 Å². The van der Waals surface area contributed by atoms with E-state index in [1.54, 1.807) is 0 Å². The molecule has 0 saturated carbocycles.